The molecule has 119 heavy (non-hydrogen) atoms. The van der Waals surface area contributed by atoms with E-state index in [4.69, 9.17) is 80.5 Å². The van der Waals surface area contributed by atoms with Gasteiger partial charge in [0, 0.05) is 11.8 Å². The number of allylic oxidation sites excluding steroid dienone is 2. The van der Waals surface area contributed by atoms with Crippen LogP contribution in [0.5, 0.6) is 0 Å². The molecule has 0 saturated carbocycles. The Bertz CT molecular complexity index is 4290. The highest BCUT2D eigenvalue weighted by atomic mass is 16.8. The van der Waals surface area contributed by atoms with E-state index < -0.39 is 104 Å². The van der Waals surface area contributed by atoms with Gasteiger partial charge in [-0.15, -0.1) is 0 Å². The van der Waals surface area contributed by atoms with E-state index in [0.29, 0.717) is 85.5 Å². The average Bonchev–Trinajstić information content (AvgIpc) is 0.776. The van der Waals surface area contributed by atoms with Crippen molar-refractivity contribution in [3.05, 3.63) is 346 Å². The largest absolute Gasteiger partial charge is 0.388 e. The van der Waals surface area contributed by atoms with Gasteiger partial charge in [-0.25, -0.2) is 0 Å². The van der Waals surface area contributed by atoms with Gasteiger partial charge >= 0.3 is 0 Å². The molecule has 13 rings (SSSR count). The lowest BCUT2D eigenvalue weighted by atomic mass is 9.91. The second-order valence-corrected chi connectivity index (χ2v) is 31.5. The Balaban J connectivity index is 0.000000220. The van der Waals surface area contributed by atoms with Gasteiger partial charge in [0.15, 0.2) is 25.2 Å². The lowest BCUT2D eigenvalue weighted by molar-refractivity contribution is -0.381. The first-order valence-electron chi connectivity index (χ1n) is 42.3. The number of aliphatic hydroxyl groups is 1. The number of hydrogen-bond donors (Lipinski definition) is 1. The molecule has 0 amide bonds. The molecular formula is C101H122O18. The summed E-state index contributed by atoms with van der Waals surface area (Å²) in [6.45, 7) is 20.8. The van der Waals surface area contributed by atoms with Crippen molar-refractivity contribution in [3.63, 3.8) is 0 Å². The van der Waals surface area contributed by atoms with E-state index in [0.717, 1.165) is 55.6 Å². The Hall–Kier alpha value is -8.26. The molecule has 0 aliphatic carbocycles. The van der Waals surface area contributed by atoms with Crippen molar-refractivity contribution in [3.8, 4) is 0 Å². The minimum absolute atomic E-state index is 0.133. The zero-order chi connectivity index (χ0) is 82.8. The maximum atomic E-state index is 11.7. The Morgan fingerprint density at radius 1 is 0.269 bits per heavy atom. The predicted molar refractivity (Wildman–Crippen MR) is 457 cm³/mol. The number of ether oxygens (including phenoxy) is 17. The van der Waals surface area contributed by atoms with Gasteiger partial charge in [-0.1, -0.05) is 324 Å². The lowest BCUT2D eigenvalue weighted by Gasteiger charge is -2.49. The molecule has 0 bridgehead atoms. The molecule has 634 valence electrons. The van der Waals surface area contributed by atoms with Crippen LogP contribution in [0.15, 0.2) is 296 Å². The fourth-order valence-corrected chi connectivity index (χ4v) is 15.2. The Labute approximate surface area is 704 Å². The predicted octanol–water partition coefficient (Wildman–Crippen LogP) is 18.6. The van der Waals surface area contributed by atoms with E-state index in [1.54, 1.807) is 0 Å². The van der Waals surface area contributed by atoms with Crippen molar-refractivity contribution in [2.75, 3.05) is 26.4 Å². The molecule has 4 saturated heterocycles. The third-order valence-corrected chi connectivity index (χ3v) is 21.8. The molecule has 9 aromatic carbocycles. The minimum Gasteiger partial charge on any atom is -0.388 e. The zero-order valence-corrected chi connectivity index (χ0v) is 70.2. The fraction of sp³-hybridized carbons (Fsp3) is 0.426. The van der Waals surface area contributed by atoms with Gasteiger partial charge in [0.1, 0.15) is 61.0 Å². The average molecular weight is 1620 g/mol. The van der Waals surface area contributed by atoms with E-state index in [2.05, 4.69) is 109 Å². The summed E-state index contributed by atoms with van der Waals surface area (Å²) >= 11 is 0. The number of benzene rings is 9. The van der Waals surface area contributed by atoms with Crippen molar-refractivity contribution in [1.29, 1.82) is 0 Å². The fourth-order valence-electron chi connectivity index (χ4n) is 15.2. The summed E-state index contributed by atoms with van der Waals surface area (Å²) in [4.78, 5) is 0. The van der Waals surface area contributed by atoms with E-state index in [1.807, 2.05) is 231 Å². The first-order chi connectivity index (χ1) is 58.3. The summed E-state index contributed by atoms with van der Waals surface area (Å²) in [5.41, 5.74) is 11.6. The third-order valence-electron chi connectivity index (χ3n) is 21.8. The van der Waals surface area contributed by atoms with Crippen LogP contribution in [-0.2, 0) is 140 Å². The smallest absolute Gasteiger partial charge is 0.189 e. The summed E-state index contributed by atoms with van der Waals surface area (Å²) in [7, 11) is 0. The minimum atomic E-state index is -0.972. The molecule has 0 aromatic heterocycles. The third kappa shape index (κ3) is 27.6. The molecule has 4 fully saturated rings. The van der Waals surface area contributed by atoms with Gasteiger partial charge in [-0.05, 0) is 90.6 Å². The lowest BCUT2D eigenvalue weighted by Crippen LogP contribution is -2.63. The van der Waals surface area contributed by atoms with Crippen LogP contribution in [0.1, 0.15) is 118 Å². The molecule has 4 aliphatic rings. The topological polar surface area (TPSA) is 177 Å². The molecule has 18 heteroatoms. The summed E-state index contributed by atoms with van der Waals surface area (Å²) in [6.07, 6.45) is -5.99. The second kappa shape index (κ2) is 48.4. The van der Waals surface area contributed by atoms with E-state index in [1.165, 1.54) is 5.57 Å². The molecule has 4 aliphatic heterocycles. The molecule has 20 atom stereocenters. The van der Waals surface area contributed by atoms with E-state index >= 15 is 0 Å². The van der Waals surface area contributed by atoms with Gasteiger partial charge in [-0.3, -0.25) is 0 Å². The van der Waals surface area contributed by atoms with Crippen LogP contribution in [0, 0.1) is 11.8 Å². The van der Waals surface area contributed by atoms with Crippen molar-refractivity contribution < 1.29 is 85.6 Å². The summed E-state index contributed by atoms with van der Waals surface area (Å²) in [5, 5.41) is 11.7. The van der Waals surface area contributed by atoms with Crippen molar-refractivity contribution in [2.45, 2.75) is 238 Å². The first-order valence-corrected chi connectivity index (χ1v) is 42.3. The van der Waals surface area contributed by atoms with Gasteiger partial charge in [0.05, 0.1) is 110 Å². The monoisotopic (exact) mass is 1620 g/mol. The highest BCUT2D eigenvalue weighted by Crippen LogP contribution is 2.40. The van der Waals surface area contributed by atoms with Crippen molar-refractivity contribution >= 4 is 0 Å². The Morgan fingerprint density at radius 2 is 0.504 bits per heavy atom. The standard InChI is InChI=1S/C54H64O9.C47H58O9/c1-5-46-49(56-32-31-39(2)3)51(59-36-44-27-17-9-18-28-44)52(60-37-45-29-19-10-20-30-45)54(61-46)63-53-40(4)48(57-34-42-23-13-7-14-24-42)50(58-35-43-25-15-8-16-26-43)47(62-53)38-55-33-41-21-11-6-12-22-41;1-5-39-43(50-27-26-33(2)3)44(52-30-37-22-14-8-15-23-37)45(53-31-38-24-16-9-17-25-38)47(54-39)56-46-34(4)42(51-29-36-20-12-7-13-21-36)41(48)40(55-46)32-49-28-35-18-10-6-11-19-35/h6-31,40,46-54H,5,32-38H2,1-4H3;6-26,34,39-48H,5,27-32H2,1-4H3/t40?,46?,47-,48?,49-,50-,51+,52?,53-,54-;34?,39?,40-,41-,42?,43-,44+,45?,46-,47-/m11/s1. The first kappa shape index (κ1) is 90.0. The van der Waals surface area contributed by atoms with Crippen LogP contribution < -0.4 is 0 Å². The van der Waals surface area contributed by atoms with Crippen LogP contribution >= 0.6 is 0 Å². The zero-order valence-electron chi connectivity index (χ0n) is 70.2. The number of rotatable bonds is 41. The van der Waals surface area contributed by atoms with Crippen LogP contribution in [0.3, 0.4) is 0 Å². The summed E-state index contributed by atoms with van der Waals surface area (Å²) in [5.74, 6) is -0.707. The van der Waals surface area contributed by atoms with Crippen LogP contribution in [0.25, 0.3) is 0 Å². The van der Waals surface area contributed by atoms with Crippen molar-refractivity contribution in [1.82, 2.24) is 0 Å². The molecule has 18 nitrogen and oxygen atoms in total. The number of hydrogen-bond acceptors (Lipinski definition) is 18. The van der Waals surface area contributed by atoms with Crippen LogP contribution in [-0.4, -0.2) is 142 Å². The maximum absolute atomic E-state index is 11.7. The molecule has 0 radical (unpaired) electrons. The van der Waals surface area contributed by atoms with Crippen LogP contribution in [0.4, 0.5) is 0 Å². The summed E-state index contributed by atoms with van der Waals surface area (Å²) < 4.78 is 115. The molecular weight excluding hydrogens is 1500 g/mol. The normalized spacial score (nSPS) is 26.8. The molecule has 8 unspecified atom stereocenters. The van der Waals surface area contributed by atoms with E-state index in [-0.39, 0.29) is 31.3 Å². The van der Waals surface area contributed by atoms with Crippen molar-refractivity contribution in [2.24, 2.45) is 11.8 Å². The molecule has 1 N–H and O–H groups in total. The molecule has 4 heterocycles. The quantitative estimate of drug-likeness (QED) is 0.0358. The van der Waals surface area contributed by atoms with Crippen LogP contribution in [0.2, 0.25) is 0 Å². The SMILES string of the molecule is CCC1O[C@H](O[C@H]2O[C@H](COCc3ccccc3)[C@@H](O)C(OCc3ccccc3)C2C)C(OCc2ccccc2)[C@@H](OCc2ccccc2)[C@@H]1OCC=C(C)C.CCC1O[C@H](O[C@H]2O[C@H](COCc3ccccc3)[C@@H](OCc3ccccc3)C(OCc3ccccc3)C2C)C(OCc2ccccc2)[C@@H](OCc2ccccc2)[C@@H]1OCC=C(C)C. The number of aliphatic hydroxyl groups excluding tert-OH is 1. The summed E-state index contributed by atoms with van der Waals surface area (Å²) in [6, 6.07) is 90.7. The second-order valence-electron chi connectivity index (χ2n) is 31.5. The van der Waals surface area contributed by atoms with E-state index in [9.17, 15) is 5.11 Å². The van der Waals surface area contributed by atoms with Gasteiger partial charge in [0.2, 0.25) is 0 Å². The van der Waals surface area contributed by atoms with Gasteiger partial charge in [-0.2, -0.15) is 0 Å². The molecule has 9 aromatic rings. The Kier molecular flexibility index (Phi) is 36.6. The highest BCUT2D eigenvalue weighted by molar-refractivity contribution is 5.21. The van der Waals surface area contributed by atoms with Gasteiger partial charge < -0.3 is 85.6 Å². The highest BCUT2D eigenvalue weighted by Gasteiger charge is 2.55. The maximum Gasteiger partial charge on any atom is 0.189 e. The van der Waals surface area contributed by atoms with Gasteiger partial charge in [0.25, 0.3) is 0 Å². The molecule has 0 spiro atoms. The Morgan fingerprint density at radius 3 is 0.807 bits per heavy atom.